The maximum absolute atomic E-state index is 11.0. The van der Waals surface area contributed by atoms with E-state index >= 15 is 0 Å². The van der Waals surface area contributed by atoms with E-state index in [1.807, 2.05) is 24.3 Å². The normalized spacial score (nSPS) is 10.4. The third kappa shape index (κ3) is 2.76. The molecule has 0 aliphatic rings. The number of hydrogen-bond donors (Lipinski definition) is 2. The maximum Gasteiger partial charge on any atom is 0.271 e. The number of nitrogen functional groups attached to an aromatic ring is 1. The Kier molecular flexibility index (Phi) is 3.32. The lowest BCUT2D eigenvalue weighted by Crippen LogP contribution is -2.14. The Hall–Kier alpha value is -1.57. The first-order valence-corrected chi connectivity index (χ1v) is 6.01. The van der Waals surface area contributed by atoms with Crippen molar-refractivity contribution in [3.63, 3.8) is 0 Å². The highest BCUT2D eigenvalue weighted by molar-refractivity contribution is 14.1. The Bertz CT molecular complexity index is 547. The molecule has 0 aliphatic carbocycles. The molecule has 1 aromatic carbocycles. The van der Waals surface area contributed by atoms with Crippen molar-refractivity contribution in [1.82, 2.24) is 9.78 Å². The van der Waals surface area contributed by atoms with Crippen molar-refractivity contribution >= 4 is 34.2 Å². The third-order valence-electron chi connectivity index (χ3n) is 2.28. The Labute approximate surface area is 112 Å². The maximum atomic E-state index is 11.0. The summed E-state index contributed by atoms with van der Waals surface area (Å²) >= 11 is 2.24. The number of amides is 1. The van der Waals surface area contributed by atoms with Gasteiger partial charge in [-0.05, 0) is 40.3 Å². The van der Waals surface area contributed by atoms with Crippen LogP contribution in [-0.4, -0.2) is 15.7 Å². The SMILES string of the molecule is NC(=O)c1nn(Cc2ccc(I)cc2)cc1N. The largest absolute Gasteiger partial charge is 0.396 e. The minimum atomic E-state index is -0.608. The van der Waals surface area contributed by atoms with E-state index in [1.54, 1.807) is 10.9 Å². The van der Waals surface area contributed by atoms with Gasteiger partial charge in [-0.2, -0.15) is 5.10 Å². The lowest BCUT2D eigenvalue weighted by atomic mass is 10.2. The van der Waals surface area contributed by atoms with Gasteiger partial charge in [-0.25, -0.2) is 0 Å². The van der Waals surface area contributed by atoms with Crippen LogP contribution in [0.4, 0.5) is 5.69 Å². The van der Waals surface area contributed by atoms with E-state index in [-0.39, 0.29) is 5.69 Å². The van der Waals surface area contributed by atoms with Crippen molar-refractivity contribution in [1.29, 1.82) is 0 Å². The molecule has 4 N–H and O–H groups in total. The molecular weight excluding hydrogens is 331 g/mol. The average Bonchev–Trinajstić information content (AvgIpc) is 2.63. The summed E-state index contributed by atoms with van der Waals surface area (Å²) in [6.07, 6.45) is 1.61. The first kappa shape index (κ1) is 11.9. The van der Waals surface area contributed by atoms with Gasteiger partial charge in [-0.3, -0.25) is 9.48 Å². The Morgan fingerprint density at radius 3 is 2.53 bits per heavy atom. The van der Waals surface area contributed by atoms with Crippen LogP contribution in [0.15, 0.2) is 30.5 Å². The number of rotatable bonds is 3. The highest BCUT2D eigenvalue weighted by atomic mass is 127. The lowest BCUT2D eigenvalue weighted by molar-refractivity contribution is 0.0995. The van der Waals surface area contributed by atoms with Gasteiger partial charge in [0.1, 0.15) is 0 Å². The summed E-state index contributed by atoms with van der Waals surface area (Å²) in [6, 6.07) is 8.03. The molecule has 88 valence electrons. The minimum Gasteiger partial charge on any atom is -0.396 e. The number of carbonyl (C=O) groups is 1. The predicted molar refractivity (Wildman–Crippen MR) is 73.4 cm³/mol. The van der Waals surface area contributed by atoms with E-state index in [0.29, 0.717) is 12.2 Å². The zero-order valence-electron chi connectivity index (χ0n) is 8.93. The van der Waals surface area contributed by atoms with Crippen LogP contribution in [0.5, 0.6) is 0 Å². The molecule has 0 radical (unpaired) electrons. The standard InChI is InChI=1S/C11H11IN4O/c12-8-3-1-7(2-4-8)5-16-6-9(13)10(15-16)11(14)17/h1-4,6H,5,13H2,(H2,14,17). The highest BCUT2D eigenvalue weighted by Crippen LogP contribution is 2.11. The fourth-order valence-electron chi connectivity index (χ4n) is 1.49. The number of nitrogens with zero attached hydrogens (tertiary/aromatic N) is 2. The van der Waals surface area contributed by atoms with E-state index in [9.17, 15) is 4.79 Å². The molecule has 0 bridgehead atoms. The molecule has 0 fully saturated rings. The summed E-state index contributed by atoms with van der Waals surface area (Å²) in [5.41, 5.74) is 12.3. The summed E-state index contributed by atoms with van der Waals surface area (Å²) in [5, 5.41) is 4.04. The van der Waals surface area contributed by atoms with E-state index in [0.717, 1.165) is 5.56 Å². The molecule has 0 atom stereocenters. The summed E-state index contributed by atoms with van der Waals surface area (Å²) < 4.78 is 2.78. The number of anilines is 1. The number of halogens is 1. The van der Waals surface area contributed by atoms with E-state index in [2.05, 4.69) is 27.7 Å². The zero-order chi connectivity index (χ0) is 12.4. The summed E-state index contributed by atoms with van der Waals surface area (Å²) in [7, 11) is 0. The molecule has 0 spiro atoms. The second-order valence-corrected chi connectivity index (χ2v) is 4.87. The molecule has 0 saturated carbocycles. The monoisotopic (exact) mass is 342 g/mol. The Morgan fingerprint density at radius 2 is 2.00 bits per heavy atom. The van der Waals surface area contributed by atoms with Crippen LogP contribution in [0.3, 0.4) is 0 Å². The van der Waals surface area contributed by atoms with Gasteiger partial charge < -0.3 is 11.5 Å². The van der Waals surface area contributed by atoms with Crippen molar-refractivity contribution < 1.29 is 4.79 Å². The highest BCUT2D eigenvalue weighted by Gasteiger charge is 2.11. The van der Waals surface area contributed by atoms with Crippen molar-refractivity contribution in [3.8, 4) is 0 Å². The fourth-order valence-corrected chi connectivity index (χ4v) is 1.85. The van der Waals surface area contributed by atoms with E-state index in [1.165, 1.54) is 3.57 Å². The summed E-state index contributed by atoms with van der Waals surface area (Å²) in [5.74, 6) is -0.608. The molecular formula is C11H11IN4O. The fraction of sp³-hybridized carbons (Fsp3) is 0.0909. The van der Waals surface area contributed by atoms with Crippen LogP contribution in [0, 0.1) is 3.57 Å². The van der Waals surface area contributed by atoms with Crippen LogP contribution in [0.2, 0.25) is 0 Å². The molecule has 5 nitrogen and oxygen atoms in total. The minimum absolute atomic E-state index is 0.121. The van der Waals surface area contributed by atoms with Crippen LogP contribution in [0.25, 0.3) is 0 Å². The van der Waals surface area contributed by atoms with Gasteiger partial charge in [0.25, 0.3) is 5.91 Å². The number of benzene rings is 1. The molecule has 1 heterocycles. The van der Waals surface area contributed by atoms with Gasteiger partial charge in [0.2, 0.25) is 0 Å². The zero-order valence-corrected chi connectivity index (χ0v) is 11.1. The topological polar surface area (TPSA) is 86.9 Å². The van der Waals surface area contributed by atoms with E-state index < -0.39 is 5.91 Å². The summed E-state index contributed by atoms with van der Waals surface area (Å²) in [6.45, 7) is 0.564. The van der Waals surface area contributed by atoms with Crippen molar-refractivity contribution in [2.75, 3.05) is 5.73 Å². The second-order valence-electron chi connectivity index (χ2n) is 3.62. The third-order valence-corrected chi connectivity index (χ3v) is 3.00. The average molecular weight is 342 g/mol. The van der Waals surface area contributed by atoms with Crippen LogP contribution < -0.4 is 11.5 Å². The van der Waals surface area contributed by atoms with Gasteiger partial charge in [0.15, 0.2) is 5.69 Å². The molecule has 1 aromatic heterocycles. The van der Waals surface area contributed by atoms with Crippen molar-refractivity contribution in [3.05, 3.63) is 45.3 Å². The van der Waals surface area contributed by atoms with Crippen LogP contribution in [-0.2, 0) is 6.54 Å². The molecule has 17 heavy (non-hydrogen) atoms. The number of nitrogens with two attached hydrogens (primary N) is 2. The first-order chi connectivity index (χ1) is 8.06. The van der Waals surface area contributed by atoms with Crippen molar-refractivity contribution in [2.45, 2.75) is 6.54 Å². The number of hydrogen-bond acceptors (Lipinski definition) is 3. The smallest absolute Gasteiger partial charge is 0.271 e. The van der Waals surface area contributed by atoms with Gasteiger partial charge in [-0.15, -0.1) is 0 Å². The molecule has 1 amide bonds. The molecule has 6 heteroatoms. The molecule has 0 saturated heterocycles. The quantitative estimate of drug-likeness (QED) is 0.823. The van der Waals surface area contributed by atoms with E-state index in [4.69, 9.17) is 11.5 Å². The van der Waals surface area contributed by atoms with Crippen LogP contribution in [0.1, 0.15) is 16.1 Å². The molecule has 2 rings (SSSR count). The number of carbonyl (C=O) groups excluding carboxylic acids is 1. The van der Waals surface area contributed by atoms with Crippen molar-refractivity contribution in [2.24, 2.45) is 5.73 Å². The van der Waals surface area contributed by atoms with Gasteiger partial charge in [-0.1, -0.05) is 12.1 Å². The van der Waals surface area contributed by atoms with Gasteiger partial charge in [0, 0.05) is 9.77 Å². The summed E-state index contributed by atoms with van der Waals surface area (Å²) in [4.78, 5) is 11.0. The van der Waals surface area contributed by atoms with Crippen LogP contribution >= 0.6 is 22.6 Å². The second kappa shape index (κ2) is 4.74. The Balaban J connectivity index is 2.22. The molecule has 0 aliphatic heterocycles. The molecule has 0 unspecified atom stereocenters. The number of aromatic nitrogens is 2. The van der Waals surface area contributed by atoms with Gasteiger partial charge >= 0.3 is 0 Å². The van der Waals surface area contributed by atoms with Gasteiger partial charge in [0.05, 0.1) is 12.2 Å². The lowest BCUT2D eigenvalue weighted by Gasteiger charge is -2.01. The Morgan fingerprint density at radius 1 is 1.35 bits per heavy atom. The first-order valence-electron chi connectivity index (χ1n) is 4.93. The number of primary amides is 1. The predicted octanol–water partition coefficient (Wildman–Crippen LogP) is 1.22. The molecule has 2 aromatic rings.